The van der Waals surface area contributed by atoms with Gasteiger partial charge in [0, 0.05) is 11.3 Å². The largest absolute Gasteiger partial charge is 0.496 e. The fraction of sp³-hybridized carbons (Fsp3) is 0.240. The van der Waals surface area contributed by atoms with Crippen molar-refractivity contribution in [1.29, 1.82) is 0 Å². The summed E-state index contributed by atoms with van der Waals surface area (Å²) in [6.07, 6.45) is 0. The zero-order chi connectivity index (χ0) is 22.8. The highest BCUT2D eigenvalue weighted by molar-refractivity contribution is 7.91. The number of methoxy groups -OCH3 is 1. The van der Waals surface area contributed by atoms with Gasteiger partial charge < -0.3 is 10.1 Å². The Hall–Kier alpha value is -3.12. The van der Waals surface area contributed by atoms with Gasteiger partial charge in [-0.15, -0.1) is 0 Å². The van der Waals surface area contributed by atoms with Gasteiger partial charge in [0.15, 0.2) is 0 Å². The molecule has 0 aliphatic heterocycles. The fourth-order valence-corrected chi connectivity index (χ4v) is 5.42. The summed E-state index contributed by atoms with van der Waals surface area (Å²) < 4.78 is 32.3. The van der Waals surface area contributed by atoms with Gasteiger partial charge in [0.2, 0.25) is 9.84 Å². The van der Waals surface area contributed by atoms with Gasteiger partial charge in [-0.2, -0.15) is 0 Å². The minimum Gasteiger partial charge on any atom is -0.496 e. The SMILES string of the molecule is COc1ccc(S(=O)(=O)c2c(C)cc(NC(=O)c3ccccc3)cc2C)cc1C(C)C. The number of amides is 1. The molecule has 3 rings (SSSR count). The van der Waals surface area contributed by atoms with E-state index in [1.54, 1.807) is 75.6 Å². The van der Waals surface area contributed by atoms with Gasteiger partial charge >= 0.3 is 0 Å². The number of sulfone groups is 1. The average molecular weight is 438 g/mol. The Kier molecular flexibility index (Phi) is 6.51. The van der Waals surface area contributed by atoms with E-state index < -0.39 is 9.84 Å². The Morgan fingerprint density at radius 3 is 2.10 bits per heavy atom. The summed E-state index contributed by atoms with van der Waals surface area (Å²) >= 11 is 0. The monoisotopic (exact) mass is 437 g/mol. The van der Waals surface area contributed by atoms with Crippen LogP contribution in [0.4, 0.5) is 5.69 Å². The zero-order valence-corrected chi connectivity index (χ0v) is 19.2. The number of hydrogen-bond donors (Lipinski definition) is 1. The molecular formula is C25H27NO4S. The lowest BCUT2D eigenvalue weighted by Crippen LogP contribution is -2.13. The molecule has 5 nitrogen and oxygen atoms in total. The number of carbonyl (C=O) groups is 1. The van der Waals surface area contributed by atoms with E-state index in [0.717, 1.165) is 5.56 Å². The molecule has 1 amide bonds. The first-order chi connectivity index (χ1) is 14.6. The molecular weight excluding hydrogens is 410 g/mol. The van der Waals surface area contributed by atoms with Crippen LogP contribution in [-0.4, -0.2) is 21.4 Å². The van der Waals surface area contributed by atoms with E-state index >= 15 is 0 Å². The fourth-order valence-electron chi connectivity index (χ4n) is 3.69. The lowest BCUT2D eigenvalue weighted by atomic mass is 10.0. The molecule has 0 heterocycles. The van der Waals surface area contributed by atoms with Crippen LogP contribution < -0.4 is 10.1 Å². The van der Waals surface area contributed by atoms with Gasteiger partial charge in [-0.1, -0.05) is 32.0 Å². The van der Waals surface area contributed by atoms with Crippen LogP contribution in [0.3, 0.4) is 0 Å². The quantitative estimate of drug-likeness (QED) is 0.551. The summed E-state index contributed by atoms with van der Waals surface area (Å²) in [5.74, 6) is 0.538. The van der Waals surface area contributed by atoms with Gasteiger partial charge in [0.1, 0.15) is 5.75 Å². The standard InChI is InChI=1S/C25H27NO4S/c1-16(2)22-15-21(11-12-23(22)30-5)31(28,29)24-17(3)13-20(14-18(24)4)26-25(27)19-9-7-6-8-10-19/h6-16H,1-5H3,(H,26,27). The van der Waals surface area contributed by atoms with Crippen molar-refractivity contribution in [3.8, 4) is 5.75 Å². The van der Waals surface area contributed by atoms with Crippen molar-refractivity contribution in [1.82, 2.24) is 0 Å². The normalized spacial score (nSPS) is 11.4. The molecule has 3 aromatic carbocycles. The lowest BCUT2D eigenvalue weighted by Gasteiger charge is -2.17. The molecule has 0 fully saturated rings. The lowest BCUT2D eigenvalue weighted by molar-refractivity contribution is 0.102. The molecule has 3 aromatic rings. The van der Waals surface area contributed by atoms with E-state index in [0.29, 0.717) is 28.1 Å². The molecule has 0 aliphatic rings. The van der Waals surface area contributed by atoms with Crippen molar-refractivity contribution < 1.29 is 17.9 Å². The van der Waals surface area contributed by atoms with Crippen LogP contribution in [-0.2, 0) is 9.84 Å². The Morgan fingerprint density at radius 2 is 1.55 bits per heavy atom. The van der Waals surface area contributed by atoms with Crippen molar-refractivity contribution in [3.05, 3.63) is 82.9 Å². The third-order valence-corrected chi connectivity index (χ3v) is 7.21. The van der Waals surface area contributed by atoms with Crippen LogP contribution in [0, 0.1) is 13.8 Å². The second-order valence-corrected chi connectivity index (χ2v) is 9.71. The van der Waals surface area contributed by atoms with Crippen LogP contribution >= 0.6 is 0 Å². The predicted molar refractivity (Wildman–Crippen MR) is 123 cm³/mol. The van der Waals surface area contributed by atoms with Gasteiger partial charge in [-0.05, 0) is 78.9 Å². The highest BCUT2D eigenvalue weighted by atomic mass is 32.2. The van der Waals surface area contributed by atoms with Gasteiger partial charge in [0.05, 0.1) is 16.9 Å². The molecule has 0 radical (unpaired) electrons. The molecule has 6 heteroatoms. The maximum Gasteiger partial charge on any atom is 0.255 e. The Morgan fingerprint density at radius 1 is 0.935 bits per heavy atom. The maximum atomic E-state index is 13.5. The number of rotatable bonds is 6. The van der Waals surface area contributed by atoms with Crippen LogP contribution in [0.5, 0.6) is 5.75 Å². The summed E-state index contributed by atoms with van der Waals surface area (Å²) in [5.41, 5.74) is 3.08. The van der Waals surface area contributed by atoms with E-state index in [-0.39, 0.29) is 21.6 Å². The average Bonchev–Trinajstić information content (AvgIpc) is 2.73. The van der Waals surface area contributed by atoms with E-state index in [4.69, 9.17) is 4.74 Å². The molecule has 0 aromatic heterocycles. The van der Waals surface area contributed by atoms with E-state index in [9.17, 15) is 13.2 Å². The highest BCUT2D eigenvalue weighted by Crippen LogP contribution is 2.34. The van der Waals surface area contributed by atoms with Crippen molar-refractivity contribution in [3.63, 3.8) is 0 Å². The first-order valence-corrected chi connectivity index (χ1v) is 11.5. The van der Waals surface area contributed by atoms with E-state index in [1.807, 2.05) is 19.9 Å². The zero-order valence-electron chi connectivity index (χ0n) is 18.4. The minimum absolute atomic E-state index is 0.114. The van der Waals surface area contributed by atoms with Crippen molar-refractivity contribution in [2.45, 2.75) is 43.4 Å². The van der Waals surface area contributed by atoms with E-state index in [1.165, 1.54) is 0 Å². The first-order valence-electron chi connectivity index (χ1n) is 10.1. The summed E-state index contributed by atoms with van der Waals surface area (Å²) in [6, 6.07) is 17.2. The number of carbonyl (C=O) groups excluding carboxylic acids is 1. The van der Waals surface area contributed by atoms with Gasteiger partial charge in [0.25, 0.3) is 5.91 Å². The molecule has 0 aliphatic carbocycles. The Bertz CT molecular complexity index is 1190. The predicted octanol–water partition coefficient (Wildman–Crippen LogP) is 5.52. The van der Waals surface area contributed by atoms with Crippen LogP contribution in [0.15, 0.2) is 70.5 Å². The molecule has 0 atom stereocenters. The molecule has 31 heavy (non-hydrogen) atoms. The molecule has 162 valence electrons. The molecule has 1 N–H and O–H groups in total. The summed E-state index contributed by atoms with van der Waals surface area (Å²) in [4.78, 5) is 12.9. The van der Waals surface area contributed by atoms with Crippen LogP contribution in [0.1, 0.15) is 46.8 Å². The summed E-state index contributed by atoms with van der Waals surface area (Å²) in [6.45, 7) is 7.47. The molecule has 0 unspecified atom stereocenters. The molecule has 0 saturated heterocycles. The number of hydrogen-bond acceptors (Lipinski definition) is 4. The second-order valence-electron chi connectivity index (χ2n) is 7.82. The Labute approximate surface area is 184 Å². The smallest absolute Gasteiger partial charge is 0.255 e. The van der Waals surface area contributed by atoms with Crippen molar-refractivity contribution >= 4 is 21.4 Å². The highest BCUT2D eigenvalue weighted by Gasteiger charge is 2.25. The Balaban J connectivity index is 1.99. The topological polar surface area (TPSA) is 72.5 Å². The van der Waals surface area contributed by atoms with Crippen LogP contribution in [0.25, 0.3) is 0 Å². The summed E-state index contributed by atoms with van der Waals surface area (Å²) in [5, 5.41) is 2.85. The maximum absolute atomic E-state index is 13.5. The second kappa shape index (κ2) is 8.94. The molecule has 0 spiro atoms. The van der Waals surface area contributed by atoms with Gasteiger partial charge in [-0.3, -0.25) is 4.79 Å². The van der Waals surface area contributed by atoms with Crippen LogP contribution in [0.2, 0.25) is 0 Å². The number of anilines is 1. The van der Waals surface area contributed by atoms with Crippen molar-refractivity contribution in [2.75, 3.05) is 12.4 Å². The first kappa shape index (κ1) is 22.6. The third kappa shape index (κ3) is 4.64. The number of benzene rings is 3. The van der Waals surface area contributed by atoms with Gasteiger partial charge in [-0.25, -0.2) is 8.42 Å². The molecule has 0 bridgehead atoms. The van der Waals surface area contributed by atoms with E-state index in [2.05, 4.69) is 5.32 Å². The third-order valence-electron chi connectivity index (χ3n) is 5.16. The number of aryl methyl sites for hydroxylation is 2. The minimum atomic E-state index is -3.75. The number of nitrogens with one attached hydrogen (secondary N) is 1. The number of ether oxygens (including phenoxy) is 1. The molecule has 0 saturated carbocycles. The summed E-state index contributed by atoms with van der Waals surface area (Å²) in [7, 11) is -2.17. The van der Waals surface area contributed by atoms with Crippen molar-refractivity contribution in [2.24, 2.45) is 0 Å².